The average molecular weight is 296 g/mol. The van der Waals surface area contributed by atoms with Crippen molar-refractivity contribution < 1.29 is 24.2 Å². The number of carbonyl (C=O) groups excluding carboxylic acids is 2. The van der Waals surface area contributed by atoms with Gasteiger partial charge < -0.3 is 20.0 Å². The molecule has 1 aliphatic rings. The Morgan fingerprint density at radius 2 is 1.86 bits per heavy atom. The lowest BCUT2D eigenvalue weighted by Crippen LogP contribution is -2.38. The van der Waals surface area contributed by atoms with Crippen molar-refractivity contribution >= 4 is 11.8 Å². The van der Waals surface area contributed by atoms with Gasteiger partial charge in [-0.05, 0) is 12.1 Å². The van der Waals surface area contributed by atoms with Gasteiger partial charge in [-0.3, -0.25) is 9.59 Å². The van der Waals surface area contributed by atoms with Crippen LogP contribution in [0.2, 0.25) is 0 Å². The lowest BCUT2D eigenvalue weighted by Gasteiger charge is -2.22. The molecule has 1 aromatic rings. The van der Waals surface area contributed by atoms with Gasteiger partial charge in [-0.15, -0.1) is 0 Å². The van der Waals surface area contributed by atoms with Crippen LogP contribution in [0.15, 0.2) is 18.2 Å². The van der Waals surface area contributed by atoms with Crippen molar-refractivity contribution in [1.29, 1.82) is 0 Å². The summed E-state index contributed by atoms with van der Waals surface area (Å²) >= 11 is 0. The van der Waals surface area contributed by atoms with E-state index in [-0.39, 0.29) is 43.4 Å². The van der Waals surface area contributed by atoms with Gasteiger partial charge in [0.15, 0.2) is 0 Å². The maximum absolute atomic E-state index is 13.7. The van der Waals surface area contributed by atoms with Crippen molar-refractivity contribution in [2.45, 2.75) is 13.0 Å². The molecule has 0 saturated carbocycles. The van der Waals surface area contributed by atoms with Crippen LogP contribution in [0.4, 0.5) is 4.39 Å². The zero-order valence-electron chi connectivity index (χ0n) is 11.6. The van der Waals surface area contributed by atoms with Gasteiger partial charge in [0.25, 0.3) is 5.91 Å². The first kappa shape index (κ1) is 15.2. The minimum Gasteiger partial charge on any atom is -0.508 e. The molecule has 0 aliphatic carbocycles. The molecule has 21 heavy (non-hydrogen) atoms. The van der Waals surface area contributed by atoms with Crippen LogP contribution < -0.4 is 0 Å². The number of aromatic hydroxyl groups is 1. The van der Waals surface area contributed by atoms with Gasteiger partial charge in [0, 0.05) is 39.2 Å². The number of phenols is 1. The highest BCUT2D eigenvalue weighted by molar-refractivity contribution is 5.94. The van der Waals surface area contributed by atoms with Gasteiger partial charge >= 0.3 is 0 Å². The third-order valence-electron chi connectivity index (χ3n) is 3.42. The number of hydrogen-bond acceptors (Lipinski definition) is 4. The summed E-state index contributed by atoms with van der Waals surface area (Å²) in [6, 6.07) is 3.29. The highest BCUT2D eigenvalue weighted by Crippen LogP contribution is 2.17. The molecular weight excluding hydrogens is 279 g/mol. The molecule has 0 bridgehead atoms. The Bertz CT molecular complexity index is 564. The van der Waals surface area contributed by atoms with Crippen LogP contribution in [-0.2, 0) is 4.79 Å². The molecule has 2 amide bonds. The fraction of sp³-hybridized carbons (Fsp3) is 0.429. The van der Waals surface area contributed by atoms with Crippen LogP contribution in [0, 0.1) is 5.82 Å². The average Bonchev–Trinajstić information content (AvgIpc) is 2.60. The Labute approximate surface area is 121 Å². The molecule has 0 unspecified atom stereocenters. The molecule has 1 aromatic carbocycles. The largest absolute Gasteiger partial charge is 0.508 e. The first-order valence-corrected chi connectivity index (χ1v) is 6.60. The van der Waals surface area contributed by atoms with Crippen LogP contribution in [-0.4, -0.2) is 64.1 Å². The number of halogens is 1. The van der Waals surface area contributed by atoms with E-state index in [1.165, 1.54) is 28.9 Å². The summed E-state index contributed by atoms with van der Waals surface area (Å²) in [5.41, 5.74) is -0.170. The number of nitrogens with zero attached hydrogens (tertiary/aromatic N) is 2. The minimum absolute atomic E-state index is 0.0307. The third-order valence-corrected chi connectivity index (χ3v) is 3.42. The SMILES string of the molecule is CC(=O)N1CCN(C(=O)c2ccc(O)cc2F)C[C@@H](O)C1. The van der Waals surface area contributed by atoms with E-state index in [9.17, 15) is 19.1 Å². The smallest absolute Gasteiger partial charge is 0.256 e. The van der Waals surface area contributed by atoms with Crippen molar-refractivity contribution in [3.8, 4) is 5.75 Å². The molecule has 0 aromatic heterocycles. The van der Waals surface area contributed by atoms with Crippen LogP contribution in [0.1, 0.15) is 17.3 Å². The number of β-amino-alcohol motifs (C(OH)–C–C–N with tert-alkyl or cyclic N) is 1. The van der Waals surface area contributed by atoms with E-state index in [1.807, 2.05) is 0 Å². The molecule has 7 heteroatoms. The topological polar surface area (TPSA) is 81.1 Å². The summed E-state index contributed by atoms with van der Waals surface area (Å²) in [6.07, 6.45) is -0.875. The number of aliphatic hydroxyl groups excluding tert-OH is 1. The molecular formula is C14H17FN2O4. The second-order valence-corrected chi connectivity index (χ2v) is 5.03. The van der Waals surface area contributed by atoms with Crippen LogP contribution >= 0.6 is 0 Å². The van der Waals surface area contributed by atoms with Gasteiger partial charge in [0.05, 0.1) is 11.7 Å². The van der Waals surface area contributed by atoms with E-state index in [4.69, 9.17) is 5.11 Å². The molecule has 0 radical (unpaired) electrons. The molecule has 1 heterocycles. The Kier molecular flexibility index (Phi) is 4.42. The standard InChI is InChI=1S/C14H17FN2O4/c1-9(18)16-4-5-17(8-11(20)7-16)14(21)12-3-2-10(19)6-13(12)15/h2-3,6,11,19-20H,4-5,7-8H2,1H3/t11-/m0/s1. The van der Waals surface area contributed by atoms with E-state index in [0.29, 0.717) is 0 Å². The van der Waals surface area contributed by atoms with Crippen molar-refractivity contribution in [2.75, 3.05) is 26.2 Å². The van der Waals surface area contributed by atoms with Crippen LogP contribution in [0.25, 0.3) is 0 Å². The van der Waals surface area contributed by atoms with Gasteiger partial charge in [0.1, 0.15) is 11.6 Å². The lowest BCUT2D eigenvalue weighted by molar-refractivity contribution is -0.129. The van der Waals surface area contributed by atoms with Crippen LogP contribution in [0.3, 0.4) is 0 Å². The number of rotatable bonds is 1. The maximum Gasteiger partial charge on any atom is 0.256 e. The molecule has 2 rings (SSSR count). The summed E-state index contributed by atoms with van der Waals surface area (Å²) in [5, 5.41) is 19.0. The van der Waals surface area contributed by atoms with E-state index in [1.54, 1.807) is 0 Å². The summed E-state index contributed by atoms with van der Waals surface area (Å²) in [5.74, 6) is -1.83. The van der Waals surface area contributed by atoms with Crippen molar-refractivity contribution in [1.82, 2.24) is 9.80 Å². The lowest BCUT2D eigenvalue weighted by atomic mass is 10.1. The van der Waals surface area contributed by atoms with Gasteiger partial charge in [-0.1, -0.05) is 0 Å². The van der Waals surface area contributed by atoms with Gasteiger partial charge in [-0.2, -0.15) is 0 Å². The number of phenolic OH excluding ortho intramolecular Hbond substituents is 1. The number of amides is 2. The fourth-order valence-corrected chi connectivity index (χ4v) is 2.31. The zero-order chi connectivity index (χ0) is 15.6. The molecule has 0 spiro atoms. The molecule has 6 nitrogen and oxygen atoms in total. The molecule has 1 fully saturated rings. The van der Waals surface area contributed by atoms with Crippen molar-refractivity contribution in [3.05, 3.63) is 29.6 Å². The van der Waals surface area contributed by atoms with E-state index in [0.717, 1.165) is 6.07 Å². The van der Waals surface area contributed by atoms with Gasteiger partial charge in [0.2, 0.25) is 5.91 Å². The number of carbonyl (C=O) groups is 2. The molecule has 114 valence electrons. The van der Waals surface area contributed by atoms with E-state index in [2.05, 4.69) is 0 Å². The number of benzene rings is 1. The summed E-state index contributed by atoms with van der Waals surface area (Å²) in [4.78, 5) is 26.4. The predicted molar refractivity (Wildman–Crippen MR) is 72.2 cm³/mol. The highest BCUT2D eigenvalue weighted by atomic mass is 19.1. The van der Waals surface area contributed by atoms with Crippen molar-refractivity contribution in [2.24, 2.45) is 0 Å². The van der Waals surface area contributed by atoms with Gasteiger partial charge in [-0.25, -0.2) is 4.39 Å². The highest BCUT2D eigenvalue weighted by Gasteiger charge is 2.27. The van der Waals surface area contributed by atoms with E-state index >= 15 is 0 Å². The van der Waals surface area contributed by atoms with E-state index < -0.39 is 17.8 Å². The quantitative estimate of drug-likeness (QED) is 0.775. The zero-order valence-corrected chi connectivity index (χ0v) is 11.6. The van der Waals surface area contributed by atoms with Crippen molar-refractivity contribution in [3.63, 3.8) is 0 Å². The fourth-order valence-electron chi connectivity index (χ4n) is 2.31. The van der Waals surface area contributed by atoms with Crippen LogP contribution in [0.5, 0.6) is 5.75 Å². The normalized spacial score (nSPS) is 19.3. The number of hydrogen-bond donors (Lipinski definition) is 2. The first-order chi connectivity index (χ1) is 9.88. The first-order valence-electron chi connectivity index (χ1n) is 6.60. The Morgan fingerprint density at radius 1 is 1.24 bits per heavy atom. The molecule has 1 atom stereocenters. The predicted octanol–water partition coefficient (Wildman–Crippen LogP) is 0.197. The third kappa shape index (κ3) is 3.49. The summed E-state index contributed by atoms with van der Waals surface area (Å²) in [6.45, 7) is 2.08. The molecule has 2 N–H and O–H groups in total. The molecule has 1 saturated heterocycles. The monoisotopic (exact) mass is 296 g/mol. The molecule has 1 aliphatic heterocycles. The summed E-state index contributed by atoms with van der Waals surface area (Å²) < 4.78 is 13.7. The summed E-state index contributed by atoms with van der Waals surface area (Å²) in [7, 11) is 0. The Balaban J connectivity index is 2.17. The second kappa shape index (κ2) is 6.09. The number of aliphatic hydroxyl groups is 1. The maximum atomic E-state index is 13.7. The minimum atomic E-state index is -0.875. The Hall–Kier alpha value is -2.15. The second-order valence-electron chi connectivity index (χ2n) is 5.03. The Morgan fingerprint density at radius 3 is 2.48 bits per heavy atom.